The van der Waals surface area contributed by atoms with Crippen molar-refractivity contribution >= 4 is 22.3 Å². The number of aryl methyl sites for hydroxylation is 1. The average Bonchev–Trinajstić information content (AvgIpc) is 2.60. The lowest BCUT2D eigenvalue weighted by molar-refractivity contribution is -0.137. The van der Waals surface area contributed by atoms with Gasteiger partial charge in [-0.3, -0.25) is 9.20 Å². The molecule has 2 heterocycles. The molecule has 1 atom stereocenters. The normalized spacial score (nSPS) is 13.2. The molecule has 2 aromatic heterocycles. The van der Waals surface area contributed by atoms with Gasteiger partial charge in [-0.2, -0.15) is 0 Å². The van der Waals surface area contributed by atoms with Gasteiger partial charge in [0.1, 0.15) is 0 Å². The number of aromatic nitrogens is 2. The topological polar surface area (TPSA) is 54.6 Å². The minimum atomic E-state index is -0.771. The number of imidazole rings is 1. The lowest BCUT2D eigenvalue weighted by atomic mass is 10.0. The number of carboxylic acid groups (broad SMARTS) is 1. The molecule has 0 aliphatic carbocycles. The summed E-state index contributed by atoms with van der Waals surface area (Å²) in [5.41, 5.74) is 1.93. The van der Waals surface area contributed by atoms with E-state index in [1.165, 1.54) is 0 Å². The van der Waals surface area contributed by atoms with Crippen LogP contribution in [0.3, 0.4) is 0 Å². The number of fused-ring (bicyclic) bond motifs is 1. The Balaban J connectivity index is 2.44. The van der Waals surface area contributed by atoms with Gasteiger partial charge in [-0.15, -0.1) is 11.3 Å². The van der Waals surface area contributed by atoms with Gasteiger partial charge in [0.05, 0.1) is 12.1 Å². The maximum absolute atomic E-state index is 10.7. The van der Waals surface area contributed by atoms with Crippen LogP contribution < -0.4 is 0 Å². The summed E-state index contributed by atoms with van der Waals surface area (Å²) in [4.78, 5) is 16.0. The van der Waals surface area contributed by atoms with Crippen molar-refractivity contribution in [1.29, 1.82) is 0 Å². The SMILES string of the molecule is Cc1nc2sccn2c1C(C)CC(=O)O. The summed E-state index contributed by atoms with van der Waals surface area (Å²) >= 11 is 1.56. The summed E-state index contributed by atoms with van der Waals surface area (Å²) in [7, 11) is 0. The molecule has 0 radical (unpaired) electrons. The molecule has 2 rings (SSSR count). The highest BCUT2D eigenvalue weighted by Gasteiger charge is 2.18. The minimum Gasteiger partial charge on any atom is -0.481 e. The van der Waals surface area contributed by atoms with E-state index in [9.17, 15) is 4.79 Å². The third-order valence-electron chi connectivity index (χ3n) is 2.43. The van der Waals surface area contributed by atoms with Crippen LogP contribution in [0, 0.1) is 6.92 Å². The number of hydrogen-bond donors (Lipinski definition) is 1. The van der Waals surface area contributed by atoms with Crippen molar-refractivity contribution in [2.24, 2.45) is 0 Å². The lowest BCUT2D eigenvalue weighted by Crippen LogP contribution is -2.06. The van der Waals surface area contributed by atoms with Gasteiger partial charge in [0.25, 0.3) is 0 Å². The molecule has 0 aromatic carbocycles. The summed E-state index contributed by atoms with van der Waals surface area (Å²) in [6.45, 7) is 3.84. The van der Waals surface area contributed by atoms with Crippen LogP contribution in [-0.2, 0) is 4.79 Å². The van der Waals surface area contributed by atoms with Gasteiger partial charge in [0.2, 0.25) is 0 Å². The van der Waals surface area contributed by atoms with E-state index in [0.29, 0.717) is 0 Å². The van der Waals surface area contributed by atoms with Gasteiger partial charge in [-0.1, -0.05) is 6.92 Å². The number of rotatable bonds is 3. The third-order valence-corrected chi connectivity index (χ3v) is 3.19. The molecule has 1 N–H and O–H groups in total. The summed E-state index contributed by atoms with van der Waals surface area (Å²) in [6.07, 6.45) is 2.08. The Morgan fingerprint density at radius 1 is 1.73 bits per heavy atom. The second-order valence-corrected chi connectivity index (χ2v) is 4.51. The van der Waals surface area contributed by atoms with E-state index in [4.69, 9.17) is 5.11 Å². The molecule has 5 heteroatoms. The second kappa shape index (κ2) is 3.66. The minimum absolute atomic E-state index is 0.00731. The molecule has 4 nitrogen and oxygen atoms in total. The molecule has 0 amide bonds. The Bertz CT molecular complexity index is 500. The fourth-order valence-corrected chi connectivity index (χ4v) is 2.63. The number of thiazole rings is 1. The van der Waals surface area contributed by atoms with Crippen molar-refractivity contribution < 1.29 is 9.90 Å². The molecule has 0 spiro atoms. The van der Waals surface area contributed by atoms with Crippen molar-refractivity contribution in [2.45, 2.75) is 26.2 Å². The summed E-state index contributed by atoms with van der Waals surface area (Å²) in [5, 5.41) is 10.7. The second-order valence-electron chi connectivity index (χ2n) is 3.64. The maximum atomic E-state index is 10.7. The quantitative estimate of drug-likeness (QED) is 0.870. The molecule has 0 aliphatic heterocycles. The van der Waals surface area contributed by atoms with Crippen LogP contribution in [0.15, 0.2) is 11.6 Å². The van der Waals surface area contributed by atoms with Gasteiger partial charge in [-0.25, -0.2) is 4.98 Å². The molecule has 0 aliphatic rings. The van der Waals surface area contributed by atoms with Crippen molar-refractivity contribution in [1.82, 2.24) is 9.38 Å². The first-order valence-corrected chi connectivity index (χ1v) is 5.61. The molecule has 0 fully saturated rings. The van der Waals surface area contributed by atoms with Crippen molar-refractivity contribution in [3.63, 3.8) is 0 Å². The van der Waals surface area contributed by atoms with Crippen molar-refractivity contribution in [2.75, 3.05) is 0 Å². The Morgan fingerprint density at radius 2 is 2.47 bits per heavy atom. The molecule has 2 aromatic rings. The Labute approximate surface area is 91.2 Å². The molecule has 80 valence electrons. The van der Waals surface area contributed by atoms with Crippen LogP contribution >= 0.6 is 11.3 Å². The van der Waals surface area contributed by atoms with E-state index in [2.05, 4.69) is 4.98 Å². The first-order valence-electron chi connectivity index (χ1n) is 4.73. The zero-order valence-corrected chi connectivity index (χ0v) is 9.41. The maximum Gasteiger partial charge on any atom is 0.304 e. The van der Waals surface area contributed by atoms with E-state index < -0.39 is 5.97 Å². The van der Waals surface area contributed by atoms with Crippen LogP contribution in [-0.4, -0.2) is 20.5 Å². The largest absolute Gasteiger partial charge is 0.481 e. The predicted molar refractivity (Wildman–Crippen MR) is 58.5 cm³/mol. The number of nitrogens with zero attached hydrogens (tertiary/aromatic N) is 2. The molecule has 0 saturated heterocycles. The first kappa shape index (κ1) is 10.2. The van der Waals surface area contributed by atoms with Crippen LogP contribution in [0.2, 0.25) is 0 Å². The monoisotopic (exact) mass is 224 g/mol. The summed E-state index contributed by atoms with van der Waals surface area (Å²) in [6, 6.07) is 0. The zero-order chi connectivity index (χ0) is 11.0. The molecule has 0 saturated carbocycles. The van der Waals surface area contributed by atoms with Gasteiger partial charge in [0.15, 0.2) is 4.96 Å². The molecule has 1 unspecified atom stereocenters. The Hall–Kier alpha value is -1.36. The standard InChI is InChI=1S/C10H12N2O2S/c1-6(5-8(13)14)9-7(2)11-10-12(9)3-4-15-10/h3-4,6H,5H2,1-2H3,(H,13,14). The van der Waals surface area contributed by atoms with E-state index in [1.54, 1.807) is 11.3 Å². The molecule has 0 bridgehead atoms. The third kappa shape index (κ3) is 1.74. The van der Waals surface area contributed by atoms with Crippen LogP contribution in [0.4, 0.5) is 0 Å². The highest BCUT2D eigenvalue weighted by molar-refractivity contribution is 7.15. The number of carboxylic acids is 1. The van der Waals surface area contributed by atoms with Crippen LogP contribution in [0.5, 0.6) is 0 Å². The number of carbonyl (C=O) groups is 1. The Kier molecular flexibility index (Phi) is 2.48. The number of hydrogen-bond acceptors (Lipinski definition) is 3. The van der Waals surface area contributed by atoms with Gasteiger partial charge < -0.3 is 5.11 Å². The molecular weight excluding hydrogens is 212 g/mol. The van der Waals surface area contributed by atoms with Gasteiger partial charge >= 0.3 is 5.97 Å². The Morgan fingerprint density at radius 3 is 3.13 bits per heavy atom. The van der Waals surface area contributed by atoms with E-state index in [1.807, 2.05) is 29.8 Å². The highest BCUT2D eigenvalue weighted by atomic mass is 32.1. The van der Waals surface area contributed by atoms with Gasteiger partial charge in [0, 0.05) is 23.2 Å². The summed E-state index contributed by atoms with van der Waals surface area (Å²) < 4.78 is 1.98. The van der Waals surface area contributed by atoms with Crippen LogP contribution in [0.25, 0.3) is 4.96 Å². The average molecular weight is 224 g/mol. The highest BCUT2D eigenvalue weighted by Crippen LogP contribution is 2.25. The van der Waals surface area contributed by atoms with E-state index in [0.717, 1.165) is 16.3 Å². The van der Waals surface area contributed by atoms with Gasteiger partial charge in [-0.05, 0) is 6.92 Å². The smallest absolute Gasteiger partial charge is 0.304 e. The lowest BCUT2D eigenvalue weighted by Gasteiger charge is -2.08. The van der Waals surface area contributed by atoms with Crippen molar-refractivity contribution in [3.05, 3.63) is 23.0 Å². The molecular formula is C10H12N2O2S. The van der Waals surface area contributed by atoms with E-state index >= 15 is 0 Å². The zero-order valence-electron chi connectivity index (χ0n) is 8.60. The molecule has 15 heavy (non-hydrogen) atoms. The number of aliphatic carboxylic acids is 1. The predicted octanol–water partition coefficient (Wildman–Crippen LogP) is 2.28. The fraction of sp³-hybridized carbons (Fsp3) is 0.400. The van der Waals surface area contributed by atoms with E-state index in [-0.39, 0.29) is 12.3 Å². The summed E-state index contributed by atoms with van der Waals surface area (Å²) in [5.74, 6) is -0.779. The van der Waals surface area contributed by atoms with Crippen molar-refractivity contribution in [3.8, 4) is 0 Å². The van der Waals surface area contributed by atoms with Crippen LogP contribution in [0.1, 0.15) is 30.7 Å². The first-order chi connectivity index (χ1) is 7.09. The fourth-order valence-electron chi connectivity index (χ4n) is 1.86.